The average molecular weight is 387 g/mol. The fourth-order valence-corrected chi connectivity index (χ4v) is 3.53. The molecule has 0 amide bonds. The van der Waals surface area contributed by atoms with E-state index in [0.717, 1.165) is 7.11 Å². The molecule has 0 saturated carbocycles. The second-order valence-electron chi connectivity index (χ2n) is 6.31. The van der Waals surface area contributed by atoms with Crippen molar-refractivity contribution in [2.24, 2.45) is 0 Å². The fourth-order valence-electron chi connectivity index (χ4n) is 3.40. The van der Waals surface area contributed by atoms with Crippen molar-refractivity contribution in [1.29, 1.82) is 0 Å². The van der Waals surface area contributed by atoms with E-state index in [-0.39, 0.29) is 17.7 Å². The summed E-state index contributed by atoms with van der Waals surface area (Å²) in [5, 5.41) is 11.9. The van der Waals surface area contributed by atoms with E-state index in [1.54, 1.807) is 48.5 Å². The van der Waals surface area contributed by atoms with Crippen LogP contribution in [-0.2, 0) is 9.53 Å². The molecule has 27 heavy (non-hydrogen) atoms. The van der Waals surface area contributed by atoms with Crippen LogP contribution in [0.1, 0.15) is 23.5 Å². The Labute approximate surface area is 158 Å². The molecule has 1 aliphatic heterocycles. The summed E-state index contributed by atoms with van der Waals surface area (Å²) in [4.78, 5) is 24.9. The summed E-state index contributed by atoms with van der Waals surface area (Å²) in [6.45, 7) is 0. The first-order valence-electron chi connectivity index (χ1n) is 8.24. The van der Waals surface area contributed by atoms with Crippen LogP contribution in [0.25, 0.3) is 11.0 Å². The Balaban J connectivity index is 2.00. The molecule has 2 atom stereocenters. The third-order valence-electron chi connectivity index (χ3n) is 4.68. The van der Waals surface area contributed by atoms with Crippen LogP contribution in [0.5, 0.6) is 5.75 Å². The first-order valence-corrected chi connectivity index (χ1v) is 8.62. The molecule has 6 nitrogen and oxygen atoms in total. The molecule has 2 heterocycles. The van der Waals surface area contributed by atoms with E-state index in [0.29, 0.717) is 21.6 Å². The highest BCUT2D eigenvalue weighted by atomic mass is 35.5. The SMILES string of the molecule is COC(=O)[C@]1(O)C[C@H](c2ccc(Cl)cc2)c2c(c3ccccc3oc2=O)O1. The molecule has 0 aliphatic carbocycles. The quantitative estimate of drug-likeness (QED) is 0.537. The van der Waals surface area contributed by atoms with Gasteiger partial charge in [-0.25, -0.2) is 9.59 Å². The Morgan fingerprint density at radius 2 is 1.93 bits per heavy atom. The van der Waals surface area contributed by atoms with Crippen molar-refractivity contribution in [3.8, 4) is 5.75 Å². The molecule has 3 aromatic rings. The van der Waals surface area contributed by atoms with Gasteiger partial charge >= 0.3 is 17.4 Å². The van der Waals surface area contributed by atoms with Gasteiger partial charge in [0.2, 0.25) is 0 Å². The number of benzene rings is 2. The van der Waals surface area contributed by atoms with E-state index in [4.69, 9.17) is 25.5 Å². The molecule has 0 spiro atoms. The van der Waals surface area contributed by atoms with Crippen LogP contribution in [0.15, 0.2) is 57.7 Å². The van der Waals surface area contributed by atoms with Crippen LogP contribution >= 0.6 is 11.6 Å². The number of rotatable bonds is 2. The molecule has 0 saturated heterocycles. The van der Waals surface area contributed by atoms with Crippen molar-refractivity contribution >= 4 is 28.5 Å². The lowest BCUT2D eigenvalue weighted by molar-refractivity contribution is -0.202. The summed E-state index contributed by atoms with van der Waals surface area (Å²) in [6.07, 6.45) is -0.197. The van der Waals surface area contributed by atoms with Gasteiger partial charge in [-0.15, -0.1) is 0 Å². The van der Waals surface area contributed by atoms with Crippen LogP contribution < -0.4 is 10.4 Å². The summed E-state index contributed by atoms with van der Waals surface area (Å²) in [5.74, 6) is -3.70. The summed E-state index contributed by atoms with van der Waals surface area (Å²) < 4.78 is 15.8. The highest BCUT2D eigenvalue weighted by molar-refractivity contribution is 6.30. The maximum absolute atomic E-state index is 12.7. The molecule has 0 bridgehead atoms. The largest absolute Gasteiger partial charge is 0.464 e. The van der Waals surface area contributed by atoms with Gasteiger partial charge in [0.05, 0.1) is 18.1 Å². The number of methoxy groups -OCH3 is 1. The van der Waals surface area contributed by atoms with Gasteiger partial charge in [0.15, 0.2) is 0 Å². The topological polar surface area (TPSA) is 86.0 Å². The molecule has 1 aliphatic rings. The average Bonchev–Trinajstić information content (AvgIpc) is 2.67. The zero-order valence-electron chi connectivity index (χ0n) is 14.3. The van der Waals surface area contributed by atoms with Gasteiger partial charge in [0.1, 0.15) is 11.3 Å². The van der Waals surface area contributed by atoms with E-state index in [9.17, 15) is 14.7 Å². The molecule has 138 valence electrons. The zero-order chi connectivity index (χ0) is 19.2. The van der Waals surface area contributed by atoms with Gasteiger partial charge in [-0.2, -0.15) is 0 Å². The van der Waals surface area contributed by atoms with Crippen LogP contribution in [0, 0.1) is 0 Å². The molecule has 7 heteroatoms. The third-order valence-corrected chi connectivity index (χ3v) is 4.93. The first-order chi connectivity index (χ1) is 12.9. The van der Waals surface area contributed by atoms with Crippen molar-refractivity contribution < 1.29 is 23.8 Å². The van der Waals surface area contributed by atoms with Crippen LogP contribution in [0.4, 0.5) is 0 Å². The Kier molecular flexibility index (Phi) is 4.17. The van der Waals surface area contributed by atoms with Crippen LogP contribution in [0.3, 0.4) is 0 Å². The minimum absolute atomic E-state index is 0.112. The maximum atomic E-state index is 12.7. The molecule has 1 aromatic heterocycles. The van der Waals surface area contributed by atoms with Gasteiger partial charge in [-0.1, -0.05) is 35.9 Å². The molecular weight excluding hydrogens is 372 g/mol. The van der Waals surface area contributed by atoms with E-state index in [2.05, 4.69) is 0 Å². The molecule has 0 fully saturated rings. The molecule has 4 rings (SSSR count). The van der Waals surface area contributed by atoms with Gasteiger partial charge < -0.3 is 19.0 Å². The minimum atomic E-state index is -2.23. The fraction of sp³-hybridized carbons (Fsp3) is 0.200. The number of ether oxygens (including phenoxy) is 2. The molecular formula is C20H15ClO6. The number of carbonyl (C=O) groups is 1. The third kappa shape index (κ3) is 2.87. The van der Waals surface area contributed by atoms with Crippen molar-refractivity contribution in [2.45, 2.75) is 18.1 Å². The van der Waals surface area contributed by atoms with E-state index >= 15 is 0 Å². The minimum Gasteiger partial charge on any atom is -0.464 e. The van der Waals surface area contributed by atoms with Crippen molar-refractivity contribution in [1.82, 2.24) is 0 Å². The summed E-state index contributed by atoms with van der Waals surface area (Å²) in [7, 11) is 1.16. The predicted molar refractivity (Wildman–Crippen MR) is 98.0 cm³/mol. The highest BCUT2D eigenvalue weighted by Gasteiger charge is 2.49. The number of halogens is 1. The molecule has 0 unspecified atom stereocenters. The summed E-state index contributed by atoms with van der Waals surface area (Å²) in [5.41, 5.74) is 0.638. The van der Waals surface area contributed by atoms with E-state index < -0.39 is 23.3 Å². The lowest BCUT2D eigenvalue weighted by Crippen LogP contribution is -2.50. The lowest BCUT2D eigenvalue weighted by Gasteiger charge is -2.36. The lowest BCUT2D eigenvalue weighted by atomic mass is 9.83. The van der Waals surface area contributed by atoms with Gasteiger partial charge in [0, 0.05) is 17.4 Å². The summed E-state index contributed by atoms with van der Waals surface area (Å²) >= 11 is 5.96. The van der Waals surface area contributed by atoms with Gasteiger partial charge in [-0.05, 0) is 29.8 Å². The van der Waals surface area contributed by atoms with Crippen LogP contribution in [-0.4, -0.2) is 24.0 Å². The molecule has 0 radical (unpaired) electrons. The number of carbonyl (C=O) groups excluding carboxylic acids is 1. The number of esters is 1. The predicted octanol–water partition coefficient (Wildman–Crippen LogP) is 3.22. The number of para-hydroxylation sites is 1. The molecule has 2 aromatic carbocycles. The Bertz CT molecular complexity index is 1090. The summed E-state index contributed by atoms with van der Waals surface area (Å²) in [6, 6.07) is 13.6. The van der Waals surface area contributed by atoms with Gasteiger partial charge in [-0.3, -0.25) is 0 Å². The number of aliphatic hydroxyl groups is 1. The van der Waals surface area contributed by atoms with E-state index in [1.807, 2.05) is 0 Å². The van der Waals surface area contributed by atoms with Crippen molar-refractivity contribution in [3.05, 3.63) is 75.1 Å². The van der Waals surface area contributed by atoms with Crippen molar-refractivity contribution in [2.75, 3.05) is 7.11 Å². The smallest absolute Gasteiger partial charge is 0.379 e. The molecule has 1 N–H and O–H groups in total. The zero-order valence-corrected chi connectivity index (χ0v) is 15.0. The maximum Gasteiger partial charge on any atom is 0.379 e. The Morgan fingerprint density at radius 1 is 1.22 bits per heavy atom. The van der Waals surface area contributed by atoms with E-state index in [1.165, 1.54) is 0 Å². The Hall–Kier alpha value is -2.83. The highest BCUT2D eigenvalue weighted by Crippen LogP contribution is 2.45. The van der Waals surface area contributed by atoms with Crippen LogP contribution in [0.2, 0.25) is 5.02 Å². The Morgan fingerprint density at radius 3 is 2.63 bits per heavy atom. The van der Waals surface area contributed by atoms with Gasteiger partial charge in [0.25, 0.3) is 0 Å². The number of hydrogen-bond acceptors (Lipinski definition) is 6. The monoisotopic (exact) mass is 386 g/mol. The van der Waals surface area contributed by atoms with Crippen molar-refractivity contribution in [3.63, 3.8) is 0 Å². The second-order valence-corrected chi connectivity index (χ2v) is 6.75. The standard InChI is InChI=1S/C20H15ClO6/c1-25-19(23)20(24)10-14(11-6-8-12(21)9-7-11)16-17(27-20)13-4-2-3-5-15(13)26-18(16)22/h2-9,14,24H,10H2,1H3/t14-,20+/m1/s1. The first kappa shape index (κ1) is 17.6. The second kappa shape index (κ2) is 6.40. The number of hydrogen-bond donors (Lipinski definition) is 1. The normalized spacial score (nSPS) is 21.4. The number of fused-ring (bicyclic) bond motifs is 3.